The molecule has 0 radical (unpaired) electrons. The lowest BCUT2D eigenvalue weighted by molar-refractivity contribution is 0.0600. The number of carbonyl (C=O) groups is 1. The first-order chi connectivity index (χ1) is 16.1. The molecule has 0 saturated carbocycles. The summed E-state index contributed by atoms with van der Waals surface area (Å²) < 4.78 is 22.2. The van der Waals surface area contributed by atoms with Crippen LogP contribution in [0.25, 0.3) is 11.0 Å². The minimum atomic E-state index is -0.444. The Bertz CT molecular complexity index is 1360. The van der Waals surface area contributed by atoms with E-state index in [0.717, 1.165) is 12.1 Å². The van der Waals surface area contributed by atoms with Crippen LogP contribution >= 0.6 is 0 Å². The van der Waals surface area contributed by atoms with Crippen LogP contribution in [0.15, 0.2) is 82.2 Å². The zero-order valence-electron chi connectivity index (χ0n) is 17.9. The fraction of sp³-hybridized carbons (Fsp3) is 0.154. The van der Waals surface area contributed by atoms with Crippen LogP contribution in [-0.2, 0) is 17.8 Å². The van der Waals surface area contributed by atoms with Crippen LogP contribution in [0.3, 0.4) is 0 Å². The summed E-state index contributed by atoms with van der Waals surface area (Å²) in [6.07, 6.45) is 1.31. The molecule has 1 aliphatic heterocycles. The second-order valence-corrected chi connectivity index (χ2v) is 7.71. The smallest absolute Gasteiger partial charge is 0.337 e. The van der Waals surface area contributed by atoms with Crippen LogP contribution in [0.4, 0.5) is 0 Å². The molecule has 7 heteroatoms. The van der Waals surface area contributed by atoms with Gasteiger partial charge in [0.1, 0.15) is 30.1 Å². The van der Waals surface area contributed by atoms with Crippen molar-refractivity contribution in [1.29, 1.82) is 0 Å². The molecule has 2 heterocycles. The highest BCUT2D eigenvalue weighted by Gasteiger charge is 2.23. The minimum absolute atomic E-state index is 0.0612. The molecule has 0 amide bonds. The molecular formula is C26H21NO6. The molecule has 7 nitrogen and oxygen atoms in total. The monoisotopic (exact) mass is 443 g/mol. The van der Waals surface area contributed by atoms with E-state index in [4.69, 9.17) is 13.9 Å². The molecule has 4 aromatic rings. The van der Waals surface area contributed by atoms with Crippen molar-refractivity contribution in [3.63, 3.8) is 0 Å². The highest BCUT2D eigenvalue weighted by molar-refractivity contribution is 5.89. The summed E-state index contributed by atoms with van der Waals surface area (Å²) in [4.78, 5) is 26.8. The number of benzene rings is 3. The van der Waals surface area contributed by atoms with Crippen molar-refractivity contribution in [2.24, 2.45) is 0 Å². The fourth-order valence-corrected chi connectivity index (χ4v) is 3.85. The molecule has 5 rings (SSSR count). The molecule has 0 atom stereocenters. The Balaban J connectivity index is 1.41. The van der Waals surface area contributed by atoms with Gasteiger partial charge in [0.05, 0.1) is 23.6 Å². The van der Waals surface area contributed by atoms with Crippen molar-refractivity contribution >= 4 is 16.9 Å². The Morgan fingerprint density at radius 1 is 1.03 bits per heavy atom. The van der Waals surface area contributed by atoms with E-state index >= 15 is 0 Å². The molecule has 0 unspecified atom stereocenters. The van der Waals surface area contributed by atoms with Gasteiger partial charge in [-0.1, -0.05) is 30.3 Å². The molecule has 0 aliphatic carbocycles. The maximum Gasteiger partial charge on any atom is 0.337 e. The van der Waals surface area contributed by atoms with Crippen molar-refractivity contribution in [3.05, 3.63) is 99.9 Å². The van der Waals surface area contributed by atoms with Gasteiger partial charge in [-0.25, -0.2) is 4.79 Å². The number of ether oxygens (including phenoxy) is 3. The van der Waals surface area contributed by atoms with Crippen molar-refractivity contribution in [2.75, 3.05) is 13.8 Å². The molecule has 33 heavy (non-hydrogen) atoms. The Morgan fingerprint density at radius 3 is 2.58 bits per heavy atom. The fourth-order valence-electron chi connectivity index (χ4n) is 3.85. The van der Waals surface area contributed by atoms with Gasteiger partial charge in [-0.05, 0) is 42.0 Å². The number of hydrogen-bond acceptors (Lipinski definition) is 7. The molecule has 1 aromatic heterocycles. The van der Waals surface area contributed by atoms with Crippen LogP contribution in [0, 0.1) is 0 Å². The zero-order chi connectivity index (χ0) is 22.8. The third kappa shape index (κ3) is 4.18. The van der Waals surface area contributed by atoms with Crippen molar-refractivity contribution < 1.29 is 23.4 Å². The number of methoxy groups -OCH3 is 1. The standard InChI is InChI=1S/C26H21NO6/c1-30-26(29)18-7-9-19(10-8-18)33-23-15-31-25-20(24(23)28)11-12-22-21(25)14-27(16-32-22)13-17-5-3-2-4-6-17/h2-12,15H,13-14,16H2,1H3. The number of fused-ring (bicyclic) bond motifs is 3. The predicted octanol–water partition coefficient (Wildman–Crippen LogP) is 4.72. The third-order valence-electron chi connectivity index (χ3n) is 5.51. The summed E-state index contributed by atoms with van der Waals surface area (Å²) in [5.74, 6) is 0.734. The van der Waals surface area contributed by atoms with Gasteiger partial charge in [-0.15, -0.1) is 0 Å². The number of rotatable bonds is 5. The molecule has 1 aliphatic rings. The number of esters is 1. The van der Waals surface area contributed by atoms with Crippen LogP contribution in [0.1, 0.15) is 21.5 Å². The first-order valence-electron chi connectivity index (χ1n) is 10.4. The van der Waals surface area contributed by atoms with E-state index in [9.17, 15) is 9.59 Å². The molecule has 0 N–H and O–H groups in total. The van der Waals surface area contributed by atoms with Gasteiger partial charge >= 0.3 is 5.97 Å². The maximum atomic E-state index is 13.1. The van der Waals surface area contributed by atoms with Gasteiger partial charge in [0.2, 0.25) is 11.2 Å². The van der Waals surface area contributed by atoms with Gasteiger partial charge in [0, 0.05) is 13.1 Å². The molecule has 0 fully saturated rings. The van der Waals surface area contributed by atoms with E-state index in [1.165, 1.54) is 18.9 Å². The molecule has 0 spiro atoms. The summed E-state index contributed by atoms with van der Waals surface area (Å²) in [5, 5.41) is 0.419. The summed E-state index contributed by atoms with van der Waals surface area (Å²) in [7, 11) is 1.32. The van der Waals surface area contributed by atoms with Gasteiger partial charge in [-0.3, -0.25) is 9.69 Å². The molecule has 0 saturated heterocycles. The van der Waals surface area contributed by atoms with Crippen molar-refractivity contribution in [2.45, 2.75) is 13.1 Å². The number of carbonyl (C=O) groups excluding carboxylic acids is 1. The predicted molar refractivity (Wildman–Crippen MR) is 122 cm³/mol. The van der Waals surface area contributed by atoms with E-state index in [1.54, 1.807) is 36.4 Å². The van der Waals surface area contributed by atoms with Crippen molar-refractivity contribution in [3.8, 4) is 17.2 Å². The Kier molecular flexibility index (Phi) is 5.54. The van der Waals surface area contributed by atoms with Crippen LogP contribution in [0.2, 0.25) is 0 Å². The number of hydrogen-bond donors (Lipinski definition) is 0. The first-order valence-corrected chi connectivity index (χ1v) is 10.4. The molecular weight excluding hydrogens is 422 g/mol. The zero-order valence-corrected chi connectivity index (χ0v) is 17.9. The average Bonchev–Trinajstić information content (AvgIpc) is 2.86. The van der Waals surface area contributed by atoms with Crippen LogP contribution < -0.4 is 14.9 Å². The topological polar surface area (TPSA) is 78.2 Å². The Labute approximate surface area is 189 Å². The summed E-state index contributed by atoms with van der Waals surface area (Å²) in [6, 6.07) is 20.0. The molecule has 0 bridgehead atoms. The van der Waals surface area contributed by atoms with Crippen molar-refractivity contribution in [1.82, 2.24) is 4.90 Å². The first kappa shape index (κ1) is 20.8. The van der Waals surface area contributed by atoms with E-state index in [2.05, 4.69) is 21.8 Å². The summed E-state index contributed by atoms with van der Waals surface area (Å²) in [5.41, 5.74) is 2.61. The lowest BCUT2D eigenvalue weighted by Crippen LogP contribution is -2.31. The van der Waals surface area contributed by atoms with Crippen LogP contribution in [0.5, 0.6) is 17.2 Å². The average molecular weight is 443 g/mol. The van der Waals surface area contributed by atoms with Gasteiger partial charge < -0.3 is 18.6 Å². The maximum absolute atomic E-state index is 13.1. The normalized spacial score (nSPS) is 13.2. The summed E-state index contributed by atoms with van der Waals surface area (Å²) in [6.45, 7) is 1.78. The number of nitrogens with zero attached hydrogens (tertiary/aromatic N) is 1. The van der Waals surface area contributed by atoms with E-state index in [1.807, 2.05) is 18.2 Å². The second kappa shape index (κ2) is 8.80. The lowest BCUT2D eigenvalue weighted by atomic mass is 10.1. The van der Waals surface area contributed by atoms with E-state index in [-0.39, 0.29) is 11.2 Å². The van der Waals surface area contributed by atoms with Crippen LogP contribution in [-0.4, -0.2) is 24.7 Å². The summed E-state index contributed by atoms with van der Waals surface area (Å²) >= 11 is 0. The van der Waals surface area contributed by atoms with E-state index < -0.39 is 5.97 Å². The van der Waals surface area contributed by atoms with Gasteiger partial charge in [-0.2, -0.15) is 0 Å². The quantitative estimate of drug-likeness (QED) is 0.413. The van der Waals surface area contributed by atoms with Gasteiger partial charge in [0.25, 0.3) is 0 Å². The SMILES string of the molecule is COC(=O)c1ccc(Oc2coc3c4c(ccc3c2=O)OCN(Cc2ccccc2)C4)cc1. The van der Waals surface area contributed by atoms with Gasteiger partial charge in [0.15, 0.2) is 0 Å². The largest absolute Gasteiger partial charge is 0.478 e. The Hall–Kier alpha value is -4.10. The molecule has 166 valence electrons. The lowest BCUT2D eigenvalue weighted by Gasteiger charge is -2.29. The minimum Gasteiger partial charge on any atom is -0.478 e. The Morgan fingerprint density at radius 2 is 1.82 bits per heavy atom. The third-order valence-corrected chi connectivity index (χ3v) is 5.51. The van der Waals surface area contributed by atoms with E-state index in [0.29, 0.717) is 41.3 Å². The second-order valence-electron chi connectivity index (χ2n) is 7.71. The highest BCUT2D eigenvalue weighted by atomic mass is 16.5. The molecule has 3 aromatic carbocycles. The highest BCUT2D eigenvalue weighted by Crippen LogP contribution is 2.33.